The third-order valence-corrected chi connectivity index (χ3v) is 3.19. The standard InChI is InChI=1S/C16H20N2O/c1-11-5-8-16(12(2)9-11)19-14-6-7-15(18-10-14)13(3)17-4/h5-10,13,17H,1-4H3. The molecule has 0 saturated carbocycles. The lowest BCUT2D eigenvalue weighted by Crippen LogP contribution is -2.13. The fourth-order valence-corrected chi connectivity index (χ4v) is 1.90. The summed E-state index contributed by atoms with van der Waals surface area (Å²) in [6.45, 7) is 6.20. The monoisotopic (exact) mass is 256 g/mol. The molecule has 0 aliphatic heterocycles. The van der Waals surface area contributed by atoms with Gasteiger partial charge in [-0.25, -0.2) is 0 Å². The van der Waals surface area contributed by atoms with Crippen LogP contribution in [0.15, 0.2) is 36.5 Å². The third kappa shape index (κ3) is 3.32. The van der Waals surface area contributed by atoms with Crippen LogP contribution in [-0.2, 0) is 0 Å². The molecule has 0 fully saturated rings. The molecule has 0 aliphatic carbocycles. The van der Waals surface area contributed by atoms with E-state index < -0.39 is 0 Å². The molecular formula is C16H20N2O. The van der Waals surface area contributed by atoms with Gasteiger partial charge in [0, 0.05) is 6.04 Å². The Morgan fingerprint density at radius 3 is 2.53 bits per heavy atom. The van der Waals surface area contributed by atoms with E-state index in [1.54, 1.807) is 6.20 Å². The fraction of sp³-hybridized carbons (Fsp3) is 0.312. The van der Waals surface area contributed by atoms with Crippen LogP contribution in [0.1, 0.15) is 29.8 Å². The first-order valence-electron chi connectivity index (χ1n) is 6.48. The zero-order valence-corrected chi connectivity index (χ0v) is 11.9. The fourth-order valence-electron chi connectivity index (χ4n) is 1.90. The van der Waals surface area contributed by atoms with Crippen LogP contribution in [0.4, 0.5) is 0 Å². The van der Waals surface area contributed by atoms with Crippen molar-refractivity contribution in [3.63, 3.8) is 0 Å². The SMILES string of the molecule is CNC(C)c1ccc(Oc2ccc(C)cc2C)cn1. The average molecular weight is 256 g/mol. The second-order valence-corrected chi connectivity index (χ2v) is 4.80. The lowest BCUT2D eigenvalue weighted by atomic mass is 10.1. The molecule has 19 heavy (non-hydrogen) atoms. The summed E-state index contributed by atoms with van der Waals surface area (Å²) in [6.07, 6.45) is 1.77. The van der Waals surface area contributed by atoms with Crippen molar-refractivity contribution < 1.29 is 4.74 Å². The maximum absolute atomic E-state index is 5.85. The third-order valence-electron chi connectivity index (χ3n) is 3.19. The van der Waals surface area contributed by atoms with E-state index in [9.17, 15) is 0 Å². The molecule has 1 aromatic carbocycles. The summed E-state index contributed by atoms with van der Waals surface area (Å²) < 4.78 is 5.85. The quantitative estimate of drug-likeness (QED) is 0.904. The summed E-state index contributed by atoms with van der Waals surface area (Å²) in [5.41, 5.74) is 3.38. The molecule has 0 spiro atoms. The van der Waals surface area contributed by atoms with E-state index >= 15 is 0 Å². The first-order valence-corrected chi connectivity index (χ1v) is 6.48. The van der Waals surface area contributed by atoms with E-state index in [2.05, 4.69) is 30.2 Å². The van der Waals surface area contributed by atoms with E-state index in [1.165, 1.54) is 5.56 Å². The summed E-state index contributed by atoms with van der Waals surface area (Å²) in [6, 6.07) is 10.3. The van der Waals surface area contributed by atoms with Gasteiger partial charge in [-0.2, -0.15) is 0 Å². The van der Waals surface area contributed by atoms with Crippen molar-refractivity contribution >= 4 is 0 Å². The molecule has 0 saturated heterocycles. The first kappa shape index (κ1) is 13.6. The van der Waals surface area contributed by atoms with Crippen molar-refractivity contribution in [2.24, 2.45) is 0 Å². The lowest BCUT2D eigenvalue weighted by molar-refractivity contribution is 0.475. The number of hydrogen-bond acceptors (Lipinski definition) is 3. The molecule has 2 aromatic rings. The van der Waals surface area contributed by atoms with Gasteiger partial charge in [0.15, 0.2) is 0 Å². The molecule has 1 unspecified atom stereocenters. The maximum atomic E-state index is 5.85. The Morgan fingerprint density at radius 2 is 1.95 bits per heavy atom. The van der Waals surface area contributed by atoms with Crippen LogP contribution in [0.5, 0.6) is 11.5 Å². The molecule has 2 rings (SSSR count). The van der Waals surface area contributed by atoms with Crippen LogP contribution in [0.25, 0.3) is 0 Å². The molecule has 0 radical (unpaired) electrons. The molecule has 1 aromatic heterocycles. The molecule has 1 N–H and O–H groups in total. The molecule has 0 amide bonds. The summed E-state index contributed by atoms with van der Waals surface area (Å²) in [4.78, 5) is 4.41. The van der Waals surface area contributed by atoms with Crippen molar-refractivity contribution in [3.8, 4) is 11.5 Å². The second-order valence-electron chi connectivity index (χ2n) is 4.80. The molecule has 1 atom stereocenters. The zero-order chi connectivity index (χ0) is 13.8. The Labute approximate surface area is 114 Å². The summed E-state index contributed by atoms with van der Waals surface area (Å²) >= 11 is 0. The zero-order valence-electron chi connectivity index (χ0n) is 11.9. The summed E-state index contributed by atoms with van der Waals surface area (Å²) in [7, 11) is 1.92. The van der Waals surface area contributed by atoms with E-state index in [-0.39, 0.29) is 6.04 Å². The largest absolute Gasteiger partial charge is 0.455 e. The minimum absolute atomic E-state index is 0.246. The number of pyridine rings is 1. The number of benzene rings is 1. The summed E-state index contributed by atoms with van der Waals surface area (Å²) in [5, 5.41) is 3.16. The van der Waals surface area contributed by atoms with Gasteiger partial charge in [-0.05, 0) is 51.6 Å². The van der Waals surface area contributed by atoms with Gasteiger partial charge in [0.1, 0.15) is 11.5 Å². The van der Waals surface area contributed by atoms with Crippen molar-refractivity contribution in [1.29, 1.82) is 0 Å². The second kappa shape index (κ2) is 5.85. The predicted molar refractivity (Wildman–Crippen MR) is 77.7 cm³/mol. The Kier molecular flexibility index (Phi) is 4.17. The van der Waals surface area contributed by atoms with Gasteiger partial charge in [0.2, 0.25) is 0 Å². The Morgan fingerprint density at radius 1 is 1.16 bits per heavy atom. The molecule has 3 heteroatoms. The van der Waals surface area contributed by atoms with Crippen LogP contribution in [0.2, 0.25) is 0 Å². The number of nitrogens with one attached hydrogen (secondary N) is 1. The highest BCUT2D eigenvalue weighted by Crippen LogP contribution is 2.25. The van der Waals surface area contributed by atoms with Gasteiger partial charge in [-0.3, -0.25) is 4.98 Å². The van der Waals surface area contributed by atoms with Crippen molar-refractivity contribution in [3.05, 3.63) is 53.3 Å². The van der Waals surface area contributed by atoms with E-state index in [0.717, 1.165) is 22.8 Å². The topological polar surface area (TPSA) is 34.1 Å². The maximum Gasteiger partial charge on any atom is 0.145 e. The first-order chi connectivity index (χ1) is 9.10. The number of aryl methyl sites for hydroxylation is 2. The van der Waals surface area contributed by atoms with E-state index in [1.807, 2.05) is 38.2 Å². The molecular weight excluding hydrogens is 236 g/mol. The molecule has 0 bridgehead atoms. The van der Waals surface area contributed by atoms with E-state index in [0.29, 0.717) is 0 Å². The van der Waals surface area contributed by atoms with Crippen molar-refractivity contribution in [2.45, 2.75) is 26.8 Å². The highest BCUT2D eigenvalue weighted by molar-refractivity contribution is 5.39. The lowest BCUT2D eigenvalue weighted by Gasteiger charge is -2.12. The van der Waals surface area contributed by atoms with Crippen LogP contribution < -0.4 is 10.1 Å². The average Bonchev–Trinajstić information content (AvgIpc) is 2.42. The Bertz CT molecular complexity index is 549. The smallest absolute Gasteiger partial charge is 0.145 e. The molecule has 1 heterocycles. The number of aromatic nitrogens is 1. The van der Waals surface area contributed by atoms with Gasteiger partial charge < -0.3 is 10.1 Å². The normalized spacial score (nSPS) is 12.2. The molecule has 100 valence electrons. The van der Waals surface area contributed by atoms with Gasteiger partial charge in [-0.15, -0.1) is 0 Å². The number of rotatable bonds is 4. The van der Waals surface area contributed by atoms with Gasteiger partial charge >= 0.3 is 0 Å². The minimum atomic E-state index is 0.246. The highest BCUT2D eigenvalue weighted by Gasteiger charge is 2.05. The van der Waals surface area contributed by atoms with Crippen LogP contribution in [0.3, 0.4) is 0 Å². The Balaban J connectivity index is 2.15. The number of hydrogen-bond donors (Lipinski definition) is 1. The molecule has 0 aliphatic rings. The van der Waals surface area contributed by atoms with Crippen LogP contribution >= 0.6 is 0 Å². The van der Waals surface area contributed by atoms with Gasteiger partial charge in [-0.1, -0.05) is 17.7 Å². The van der Waals surface area contributed by atoms with Crippen LogP contribution in [0, 0.1) is 13.8 Å². The van der Waals surface area contributed by atoms with Crippen LogP contribution in [-0.4, -0.2) is 12.0 Å². The Hall–Kier alpha value is -1.87. The predicted octanol–water partition coefficient (Wildman–Crippen LogP) is 3.77. The number of ether oxygens (including phenoxy) is 1. The van der Waals surface area contributed by atoms with E-state index in [4.69, 9.17) is 4.74 Å². The van der Waals surface area contributed by atoms with Crippen molar-refractivity contribution in [1.82, 2.24) is 10.3 Å². The number of nitrogens with zero attached hydrogens (tertiary/aromatic N) is 1. The van der Waals surface area contributed by atoms with Crippen molar-refractivity contribution in [2.75, 3.05) is 7.05 Å². The minimum Gasteiger partial charge on any atom is -0.455 e. The summed E-state index contributed by atoms with van der Waals surface area (Å²) in [5.74, 6) is 1.64. The van der Waals surface area contributed by atoms with Gasteiger partial charge in [0.25, 0.3) is 0 Å². The van der Waals surface area contributed by atoms with Gasteiger partial charge in [0.05, 0.1) is 11.9 Å². The molecule has 3 nitrogen and oxygen atoms in total. The highest BCUT2D eigenvalue weighted by atomic mass is 16.5.